The molecule has 0 atom stereocenters. The Morgan fingerprint density at radius 3 is 2.25 bits per heavy atom. The summed E-state index contributed by atoms with van der Waals surface area (Å²) in [5, 5.41) is 8.23. The topological polar surface area (TPSA) is 100 Å². The number of anilines is 5. The molecule has 5 rings (SSSR count). The Bertz CT molecular complexity index is 1680. The fourth-order valence-electron chi connectivity index (χ4n) is 3.67. The van der Waals surface area contributed by atoms with Gasteiger partial charge in [0.2, 0.25) is 0 Å². The molecule has 0 fully saturated rings. The Kier molecular flexibility index (Phi) is 6.18. The predicted octanol–water partition coefficient (Wildman–Crippen LogP) is 6.47. The molecule has 36 heavy (non-hydrogen) atoms. The zero-order valence-electron chi connectivity index (χ0n) is 18.9. The first-order valence-corrected chi connectivity index (χ1v) is 12.4. The lowest BCUT2D eigenvalue weighted by Crippen LogP contribution is -2.13. The number of sulfonamides is 1. The van der Waals surface area contributed by atoms with Gasteiger partial charge in [-0.2, -0.15) is 0 Å². The number of hydrogen-bond acceptors (Lipinski definition) is 6. The summed E-state index contributed by atoms with van der Waals surface area (Å²) in [4.78, 5) is 11.9. The molecule has 8 nitrogen and oxygen atoms in total. The van der Waals surface area contributed by atoms with Crippen LogP contribution in [-0.4, -0.2) is 18.4 Å². The lowest BCUT2D eigenvalue weighted by molar-refractivity contribution is 0.601. The van der Waals surface area contributed by atoms with Crippen molar-refractivity contribution in [2.45, 2.75) is 4.90 Å². The molecule has 0 spiro atoms. The van der Waals surface area contributed by atoms with E-state index in [9.17, 15) is 8.42 Å². The van der Waals surface area contributed by atoms with Gasteiger partial charge in [0.25, 0.3) is 10.0 Å². The molecule has 9 heteroatoms. The lowest BCUT2D eigenvalue weighted by atomic mass is 10.1. The molecule has 0 radical (unpaired) electrons. The second kappa shape index (κ2) is 9.74. The summed E-state index contributed by atoms with van der Waals surface area (Å²) in [5.41, 5.74) is 3.95. The van der Waals surface area contributed by atoms with E-state index in [-0.39, 0.29) is 4.90 Å². The minimum Gasteiger partial charge on any atom is -0.355 e. The van der Waals surface area contributed by atoms with Crippen molar-refractivity contribution in [3.05, 3.63) is 115 Å². The van der Waals surface area contributed by atoms with Crippen molar-refractivity contribution >= 4 is 54.9 Å². The predicted molar refractivity (Wildman–Crippen MR) is 142 cm³/mol. The molecule has 176 valence electrons. The number of nitrogens with one attached hydrogen (secondary N) is 3. The van der Waals surface area contributed by atoms with E-state index in [1.54, 1.807) is 79.4 Å². The normalized spacial score (nSPS) is 11.0. The Morgan fingerprint density at radius 2 is 1.47 bits per heavy atom. The first-order valence-electron chi connectivity index (χ1n) is 10.9. The smallest absolute Gasteiger partial charge is 0.261 e. The fourth-order valence-corrected chi connectivity index (χ4v) is 4.72. The van der Waals surface area contributed by atoms with E-state index >= 15 is 0 Å². The monoisotopic (exact) mass is 492 g/mol. The average Bonchev–Trinajstić information content (AvgIpc) is 2.89. The van der Waals surface area contributed by atoms with Gasteiger partial charge in [0.15, 0.2) is 5.69 Å². The van der Waals surface area contributed by atoms with Crippen molar-refractivity contribution in [3.63, 3.8) is 0 Å². The summed E-state index contributed by atoms with van der Waals surface area (Å²) in [7, 11) is -3.80. The van der Waals surface area contributed by atoms with Crippen LogP contribution in [0, 0.1) is 6.57 Å². The third-order valence-electron chi connectivity index (χ3n) is 5.40. The molecule has 2 heterocycles. The highest BCUT2D eigenvalue weighted by molar-refractivity contribution is 7.92. The SMILES string of the molecule is [C-]#[N+]c1ccc2cncc(Nc3cccc(NS(=O)(=O)c4ccc(Nc5ccncc5)cc4)c3)c2c1. The highest BCUT2D eigenvalue weighted by atomic mass is 32.2. The molecule has 0 saturated carbocycles. The standard InChI is InChI=1S/C27H20N6O2S/c1-28-22-6-5-19-17-30-18-27(26(19)16-22)32-23-3-2-4-24(15-23)33-36(34,35)25-9-7-20(8-10-25)31-21-11-13-29-14-12-21/h2-18,32-33H,(H,29,31). The summed E-state index contributed by atoms with van der Waals surface area (Å²) < 4.78 is 28.6. The van der Waals surface area contributed by atoms with Crippen LogP contribution in [0.5, 0.6) is 0 Å². The molecular weight excluding hydrogens is 472 g/mol. The van der Waals surface area contributed by atoms with Crippen LogP contribution < -0.4 is 15.4 Å². The third-order valence-corrected chi connectivity index (χ3v) is 6.80. The summed E-state index contributed by atoms with van der Waals surface area (Å²) in [6, 6.07) is 22.5. The largest absolute Gasteiger partial charge is 0.355 e. The Morgan fingerprint density at radius 1 is 0.722 bits per heavy atom. The van der Waals surface area contributed by atoms with Crippen molar-refractivity contribution in [3.8, 4) is 0 Å². The minimum atomic E-state index is -3.80. The van der Waals surface area contributed by atoms with Gasteiger partial charge in [-0.15, -0.1) is 0 Å². The molecule has 0 saturated heterocycles. The first kappa shape index (κ1) is 22.8. The Balaban J connectivity index is 1.34. The van der Waals surface area contributed by atoms with Gasteiger partial charge in [-0.1, -0.05) is 18.2 Å². The van der Waals surface area contributed by atoms with Crippen LogP contribution in [0.15, 0.2) is 109 Å². The maximum Gasteiger partial charge on any atom is 0.261 e. The molecule has 3 N–H and O–H groups in total. The van der Waals surface area contributed by atoms with Gasteiger partial charge in [0, 0.05) is 35.7 Å². The van der Waals surface area contributed by atoms with Gasteiger partial charge in [-0.25, -0.2) is 13.3 Å². The van der Waals surface area contributed by atoms with Crippen molar-refractivity contribution < 1.29 is 8.42 Å². The minimum absolute atomic E-state index is 0.145. The summed E-state index contributed by atoms with van der Waals surface area (Å²) in [6.07, 6.45) is 6.76. The van der Waals surface area contributed by atoms with Gasteiger partial charge < -0.3 is 10.6 Å². The van der Waals surface area contributed by atoms with Gasteiger partial charge in [-0.3, -0.25) is 14.7 Å². The molecule has 0 unspecified atom stereocenters. The van der Waals surface area contributed by atoms with Crippen LogP contribution in [0.1, 0.15) is 0 Å². The number of fused-ring (bicyclic) bond motifs is 1. The highest BCUT2D eigenvalue weighted by Gasteiger charge is 2.14. The molecule has 3 aromatic carbocycles. The molecule has 0 bridgehead atoms. The zero-order valence-corrected chi connectivity index (χ0v) is 19.7. The van der Waals surface area contributed by atoms with Crippen LogP contribution in [0.3, 0.4) is 0 Å². The van der Waals surface area contributed by atoms with E-state index in [0.717, 1.165) is 27.8 Å². The van der Waals surface area contributed by atoms with Gasteiger partial charge in [-0.05, 0) is 71.4 Å². The van der Waals surface area contributed by atoms with Crippen LogP contribution in [-0.2, 0) is 10.0 Å². The fraction of sp³-hybridized carbons (Fsp3) is 0. The maximum atomic E-state index is 13.0. The van der Waals surface area contributed by atoms with Crippen LogP contribution in [0.25, 0.3) is 15.6 Å². The number of pyridine rings is 2. The number of rotatable bonds is 7. The number of hydrogen-bond donors (Lipinski definition) is 3. The molecule has 0 aliphatic heterocycles. The summed E-state index contributed by atoms with van der Waals surface area (Å²) in [6.45, 7) is 7.27. The Labute approximate surface area is 208 Å². The maximum absolute atomic E-state index is 13.0. The van der Waals surface area contributed by atoms with E-state index in [0.29, 0.717) is 17.1 Å². The van der Waals surface area contributed by atoms with Crippen LogP contribution >= 0.6 is 0 Å². The molecule has 0 amide bonds. The van der Waals surface area contributed by atoms with E-state index in [1.165, 1.54) is 0 Å². The van der Waals surface area contributed by atoms with Crippen LogP contribution in [0.4, 0.5) is 34.1 Å². The Hall–Kier alpha value is -4.94. The quantitative estimate of drug-likeness (QED) is 0.225. The average molecular weight is 493 g/mol. The molecule has 0 aliphatic carbocycles. The number of aromatic nitrogens is 2. The van der Waals surface area contributed by atoms with E-state index < -0.39 is 10.0 Å². The van der Waals surface area contributed by atoms with Gasteiger partial charge in [0.1, 0.15) is 0 Å². The van der Waals surface area contributed by atoms with Crippen molar-refractivity contribution in [2.75, 3.05) is 15.4 Å². The summed E-state index contributed by atoms with van der Waals surface area (Å²) in [5.74, 6) is 0. The van der Waals surface area contributed by atoms with Crippen molar-refractivity contribution in [1.29, 1.82) is 0 Å². The van der Waals surface area contributed by atoms with E-state index in [1.807, 2.05) is 24.3 Å². The highest BCUT2D eigenvalue weighted by Crippen LogP contribution is 2.30. The molecule has 0 aliphatic rings. The van der Waals surface area contributed by atoms with Crippen molar-refractivity contribution in [2.24, 2.45) is 0 Å². The second-order valence-electron chi connectivity index (χ2n) is 7.90. The van der Waals surface area contributed by atoms with Gasteiger partial charge >= 0.3 is 0 Å². The number of benzene rings is 3. The number of nitrogens with zero attached hydrogens (tertiary/aromatic N) is 3. The first-order chi connectivity index (χ1) is 17.5. The zero-order chi connectivity index (χ0) is 25.0. The second-order valence-corrected chi connectivity index (χ2v) is 9.58. The van der Waals surface area contributed by atoms with E-state index in [2.05, 4.69) is 30.2 Å². The molecule has 2 aromatic heterocycles. The van der Waals surface area contributed by atoms with Gasteiger partial charge in [0.05, 0.1) is 29.0 Å². The third kappa shape index (κ3) is 5.09. The van der Waals surface area contributed by atoms with Crippen LogP contribution in [0.2, 0.25) is 0 Å². The lowest BCUT2D eigenvalue weighted by Gasteiger charge is -2.13. The van der Waals surface area contributed by atoms with E-state index in [4.69, 9.17) is 6.57 Å². The van der Waals surface area contributed by atoms with Crippen molar-refractivity contribution in [1.82, 2.24) is 9.97 Å². The summed E-state index contributed by atoms with van der Waals surface area (Å²) >= 11 is 0. The molecular formula is C27H20N6O2S. The molecule has 5 aromatic rings.